The number of para-hydroxylation sites is 2. The van der Waals surface area contributed by atoms with Crippen LogP contribution in [0.1, 0.15) is 10.4 Å². The predicted molar refractivity (Wildman–Crippen MR) is 131 cm³/mol. The molecule has 1 amide bonds. The number of hydrogen-bond acceptors (Lipinski definition) is 6. The summed E-state index contributed by atoms with van der Waals surface area (Å²) in [6.45, 7) is 2.15. The Balaban J connectivity index is 1.62. The summed E-state index contributed by atoms with van der Waals surface area (Å²) >= 11 is 0. The van der Waals surface area contributed by atoms with Gasteiger partial charge in [0, 0.05) is 37.9 Å². The second-order valence-electron chi connectivity index (χ2n) is 7.91. The Morgan fingerprint density at radius 1 is 0.914 bits per heavy atom. The molecule has 8 nitrogen and oxygen atoms in total. The molecule has 3 aromatic carbocycles. The highest BCUT2D eigenvalue weighted by molar-refractivity contribution is 7.92. The van der Waals surface area contributed by atoms with Crippen LogP contribution in [0.15, 0.2) is 71.6 Å². The van der Waals surface area contributed by atoms with Crippen LogP contribution in [0.3, 0.4) is 0 Å². The molecule has 0 radical (unpaired) electrons. The van der Waals surface area contributed by atoms with Crippen molar-refractivity contribution in [3.05, 3.63) is 78.1 Å². The van der Waals surface area contributed by atoms with Crippen LogP contribution < -0.4 is 19.1 Å². The van der Waals surface area contributed by atoms with Gasteiger partial charge in [0.2, 0.25) is 0 Å². The number of methoxy groups -OCH3 is 2. The summed E-state index contributed by atoms with van der Waals surface area (Å²) in [6, 6.07) is 17.8. The Hall–Kier alpha value is -3.79. The standard InChI is InChI=1S/C25H26FN3O5S/c1-33-23-17-19(35(31,32)27-22-11-7-6-10-21(22)26)16-20(24(23)34-2)25(30)29-14-12-28(13-15-29)18-8-4-3-5-9-18/h3-11,16-17,27H,12-15H2,1-2H3. The molecule has 1 heterocycles. The fourth-order valence-electron chi connectivity index (χ4n) is 3.98. The minimum absolute atomic E-state index is 0.0499. The number of piperazine rings is 1. The van der Waals surface area contributed by atoms with E-state index in [0.29, 0.717) is 26.2 Å². The number of anilines is 2. The molecule has 0 aliphatic carbocycles. The van der Waals surface area contributed by atoms with Gasteiger partial charge < -0.3 is 19.3 Å². The summed E-state index contributed by atoms with van der Waals surface area (Å²) in [5.74, 6) is -0.886. The zero-order valence-corrected chi connectivity index (χ0v) is 20.2. The first kappa shape index (κ1) is 24.3. The van der Waals surface area contributed by atoms with Crippen LogP contribution in [0.5, 0.6) is 11.5 Å². The molecule has 4 rings (SSSR count). The number of carbonyl (C=O) groups is 1. The molecule has 1 saturated heterocycles. The van der Waals surface area contributed by atoms with Crippen LogP contribution >= 0.6 is 0 Å². The first-order chi connectivity index (χ1) is 16.8. The molecular weight excluding hydrogens is 473 g/mol. The first-order valence-corrected chi connectivity index (χ1v) is 12.4. The van der Waals surface area contributed by atoms with Crippen LogP contribution in [-0.4, -0.2) is 59.6 Å². The number of hydrogen-bond donors (Lipinski definition) is 1. The van der Waals surface area contributed by atoms with E-state index >= 15 is 0 Å². The number of halogens is 1. The van der Waals surface area contributed by atoms with Crippen molar-refractivity contribution in [2.24, 2.45) is 0 Å². The average molecular weight is 500 g/mol. The summed E-state index contributed by atoms with van der Waals surface area (Å²) in [4.78, 5) is 17.1. The molecule has 10 heteroatoms. The minimum atomic E-state index is -4.23. The molecule has 0 spiro atoms. The second-order valence-corrected chi connectivity index (χ2v) is 9.59. The Kier molecular flexibility index (Phi) is 7.11. The molecular formula is C25H26FN3O5S. The lowest BCUT2D eigenvalue weighted by Gasteiger charge is -2.36. The largest absolute Gasteiger partial charge is 0.493 e. The van der Waals surface area contributed by atoms with Crippen LogP contribution in [-0.2, 0) is 10.0 Å². The molecule has 184 valence electrons. The third-order valence-electron chi connectivity index (χ3n) is 5.80. The fourth-order valence-corrected chi connectivity index (χ4v) is 5.09. The highest BCUT2D eigenvalue weighted by Gasteiger charge is 2.29. The number of rotatable bonds is 7. The molecule has 0 bridgehead atoms. The van der Waals surface area contributed by atoms with Gasteiger partial charge in [-0.2, -0.15) is 0 Å². The van der Waals surface area contributed by atoms with Gasteiger partial charge in [-0.3, -0.25) is 9.52 Å². The number of benzene rings is 3. The summed E-state index contributed by atoms with van der Waals surface area (Å²) in [7, 11) is -1.49. The maximum Gasteiger partial charge on any atom is 0.262 e. The zero-order valence-electron chi connectivity index (χ0n) is 19.4. The van der Waals surface area contributed by atoms with Crippen molar-refractivity contribution in [3.8, 4) is 11.5 Å². The van der Waals surface area contributed by atoms with Gasteiger partial charge in [-0.1, -0.05) is 30.3 Å². The monoisotopic (exact) mass is 499 g/mol. The number of amides is 1. The summed E-state index contributed by atoms with van der Waals surface area (Å²) < 4.78 is 53.2. The van der Waals surface area contributed by atoms with Crippen molar-refractivity contribution in [1.29, 1.82) is 0 Å². The molecule has 35 heavy (non-hydrogen) atoms. The lowest BCUT2D eigenvalue weighted by atomic mass is 10.1. The zero-order chi connectivity index (χ0) is 25.0. The van der Waals surface area contributed by atoms with Crippen molar-refractivity contribution in [2.75, 3.05) is 50.0 Å². The molecule has 0 unspecified atom stereocenters. The summed E-state index contributed by atoms with van der Waals surface area (Å²) in [5.41, 5.74) is 0.923. The predicted octanol–water partition coefficient (Wildman–Crippen LogP) is 3.61. The van der Waals surface area contributed by atoms with E-state index in [1.165, 1.54) is 44.6 Å². The van der Waals surface area contributed by atoms with Gasteiger partial charge in [-0.05, 0) is 30.3 Å². The van der Waals surface area contributed by atoms with Crippen LogP contribution in [0, 0.1) is 5.82 Å². The lowest BCUT2D eigenvalue weighted by molar-refractivity contribution is 0.0742. The molecule has 3 aromatic rings. The Morgan fingerprint density at radius 2 is 1.57 bits per heavy atom. The van der Waals surface area contributed by atoms with Gasteiger partial charge in [-0.25, -0.2) is 12.8 Å². The van der Waals surface area contributed by atoms with Crippen molar-refractivity contribution >= 4 is 27.3 Å². The Labute approximate surface area is 203 Å². The summed E-state index contributed by atoms with van der Waals surface area (Å²) in [6.07, 6.45) is 0. The molecule has 1 aliphatic rings. The molecule has 1 N–H and O–H groups in total. The van der Waals surface area contributed by atoms with Gasteiger partial charge in [0.15, 0.2) is 11.5 Å². The number of nitrogens with zero attached hydrogens (tertiary/aromatic N) is 2. The van der Waals surface area contributed by atoms with Crippen molar-refractivity contribution in [1.82, 2.24) is 4.90 Å². The molecule has 1 fully saturated rings. The van der Waals surface area contributed by atoms with E-state index in [4.69, 9.17) is 9.47 Å². The number of ether oxygens (including phenoxy) is 2. The highest BCUT2D eigenvalue weighted by Crippen LogP contribution is 2.36. The quantitative estimate of drug-likeness (QED) is 0.535. The van der Waals surface area contributed by atoms with E-state index in [0.717, 1.165) is 11.8 Å². The minimum Gasteiger partial charge on any atom is -0.493 e. The number of carbonyl (C=O) groups excluding carboxylic acids is 1. The molecule has 1 aliphatic heterocycles. The van der Waals surface area contributed by atoms with E-state index in [2.05, 4.69) is 9.62 Å². The maximum absolute atomic E-state index is 14.1. The van der Waals surface area contributed by atoms with Gasteiger partial charge in [0.25, 0.3) is 15.9 Å². The van der Waals surface area contributed by atoms with Crippen molar-refractivity contribution < 1.29 is 27.1 Å². The van der Waals surface area contributed by atoms with Crippen molar-refractivity contribution in [3.63, 3.8) is 0 Å². The maximum atomic E-state index is 14.1. The smallest absolute Gasteiger partial charge is 0.262 e. The van der Waals surface area contributed by atoms with Crippen molar-refractivity contribution in [2.45, 2.75) is 4.90 Å². The third kappa shape index (κ3) is 5.17. The normalized spacial score (nSPS) is 13.9. The van der Waals surface area contributed by atoms with E-state index < -0.39 is 15.8 Å². The Bertz CT molecular complexity index is 1310. The van der Waals surface area contributed by atoms with Gasteiger partial charge >= 0.3 is 0 Å². The second kappa shape index (κ2) is 10.2. The van der Waals surface area contributed by atoms with E-state index in [1.807, 2.05) is 30.3 Å². The topological polar surface area (TPSA) is 88.2 Å². The van der Waals surface area contributed by atoms with Gasteiger partial charge in [0.05, 0.1) is 30.4 Å². The molecule has 0 saturated carbocycles. The van der Waals surface area contributed by atoms with Gasteiger partial charge in [0.1, 0.15) is 5.82 Å². The average Bonchev–Trinajstić information content (AvgIpc) is 2.89. The molecule has 0 aromatic heterocycles. The van der Waals surface area contributed by atoms with E-state index in [9.17, 15) is 17.6 Å². The van der Waals surface area contributed by atoms with E-state index in [-0.39, 0.29) is 33.6 Å². The Morgan fingerprint density at radius 3 is 2.20 bits per heavy atom. The molecule has 0 atom stereocenters. The van der Waals surface area contributed by atoms with Crippen LogP contribution in [0.4, 0.5) is 15.8 Å². The highest BCUT2D eigenvalue weighted by atomic mass is 32.2. The number of nitrogens with one attached hydrogen (secondary N) is 1. The summed E-state index contributed by atoms with van der Waals surface area (Å²) in [5, 5.41) is 0. The van der Waals surface area contributed by atoms with Crippen LogP contribution in [0.25, 0.3) is 0 Å². The van der Waals surface area contributed by atoms with Gasteiger partial charge in [-0.15, -0.1) is 0 Å². The first-order valence-electron chi connectivity index (χ1n) is 11.0. The fraction of sp³-hybridized carbons (Fsp3) is 0.240. The van der Waals surface area contributed by atoms with Crippen LogP contribution in [0.2, 0.25) is 0 Å². The number of sulfonamides is 1. The van der Waals surface area contributed by atoms with E-state index in [1.54, 1.807) is 4.90 Å². The SMILES string of the molecule is COc1cc(S(=O)(=O)Nc2ccccc2F)cc(C(=O)N2CCN(c3ccccc3)CC2)c1OC. The third-order valence-corrected chi connectivity index (χ3v) is 7.14. The lowest BCUT2D eigenvalue weighted by Crippen LogP contribution is -2.48.